The number of imidazole rings is 1. The third kappa shape index (κ3) is 6.94. The molecular weight excluding hydrogens is 488 g/mol. The minimum Gasteiger partial charge on any atom is -0.392 e. The van der Waals surface area contributed by atoms with Crippen molar-refractivity contribution in [3.05, 3.63) is 120 Å². The van der Waals surface area contributed by atoms with Gasteiger partial charge in [-0.05, 0) is 47.4 Å². The Hall–Kier alpha value is -4.82. The van der Waals surface area contributed by atoms with Crippen LogP contribution in [0.2, 0.25) is 0 Å². The van der Waals surface area contributed by atoms with Crippen molar-refractivity contribution in [1.82, 2.24) is 19.5 Å². The minimum absolute atomic E-state index is 0.0701. The first-order valence-corrected chi connectivity index (χ1v) is 12.8. The van der Waals surface area contributed by atoms with Crippen molar-refractivity contribution in [2.24, 2.45) is 0 Å². The van der Waals surface area contributed by atoms with Gasteiger partial charge in [-0.25, -0.2) is 9.97 Å². The molecule has 5 rings (SSSR count). The number of anilines is 2. The minimum atomic E-state index is -0.506. The summed E-state index contributed by atoms with van der Waals surface area (Å²) in [5, 5.41) is 15.6. The number of aromatic nitrogens is 4. The average molecular weight is 519 g/mol. The summed E-state index contributed by atoms with van der Waals surface area (Å²) in [5.41, 5.74) is 4.98. The van der Waals surface area contributed by atoms with Gasteiger partial charge in [-0.3, -0.25) is 9.36 Å². The molecule has 1 atom stereocenters. The quantitative estimate of drug-likeness (QED) is 0.243. The van der Waals surface area contributed by atoms with E-state index in [1.165, 1.54) is 0 Å². The second kappa shape index (κ2) is 12.1. The summed E-state index contributed by atoms with van der Waals surface area (Å²) in [4.78, 5) is 26.0. The van der Waals surface area contributed by atoms with Crippen LogP contribution in [0.1, 0.15) is 23.9 Å². The van der Waals surface area contributed by atoms with E-state index in [0.29, 0.717) is 31.2 Å². The number of carbonyl (C=O) groups is 1. The first-order valence-electron chi connectivity index (χ1n) is 12.8. The Kier molecular flexibility index (Phi) is 8.04. The third-order valence-corrected chi connectivity index (χ3v) is 6.16. The molecule has 5 aromatic rings. The molecule has 0 saturated heterocycles. The molecule has 196 valence electrons. The largest absolute Gasteiger partial charge is 0.392 e. The lowest BCUT2D eigenvalue weighted by molar-refractivity contribution is -0.115. The van der Waals surface area contributed by atoms with Crippen LogP contribution >= 0.6 is 0 Å². The molecule has 0 unspecified atom stereocenters. The van der Waals surface area contributed by atoms with Gasteiger partial charge in [-0.2, -0.15) is 4.98 Å². The fourth-order valence-electron chi connectivity index (χ4n) is 4.26. The Morgan fingerprint density at radius 1 is 0.897 bits per heavy atom. The molecule has 0 radical (unpaired) electrons. The third-order valence-electron chi connectivity index (χ3n) is 6.16. The van der Waals surface area contributed by atoms with E-state index in [1.807, 2.05) is 83.6 Å². The van der Waals surface area contributed by atoms with Crippen molar-refractivity contribution in [2.75, 3.05) is 17.2 Å². The number of aliphatic hydroxyl groups is 1. The van der Waals surface area contributed by atoms with E-state index in [1.54, 1.807) is 19.3 Å². The van der Waals surface area contributed by atoms with E-state index in [9.17, 15) is 9.90 Å². The van der Waals surface area contributed by atoms with Gasteiger partial charge in [0.05, 0.1) is 12.5 Å². The van der Waals surface area contributed by atoms with Gasteiger partial charge in [0.15, 0.2) is 0 Å². The molecule has 8 nitrogen and oxygen atoms in total. The van der Waals surface area contributed by atoms with E-state index in [4.69, 9.17) is 0 Å². The molecule has 0 fully saturated rings. The molecule has 2 aromatic heterocycles. The number of aliphatic hydroxyl groups excluding tert-OH is 1. The first-order chi connectivity index (χ1) is 19.0. The summed E-state index contributed by atoms with van der Waals surface area (Å²) in [7, 11) is 0. The maximum absolute atomic E-state index is 12.8. The monoisotopic (exact) mass is 518 g/mol. The number of hydrogen-bond acceptors (Lipinski definition) is 6. The summed E-state index contributed by atoms with van der Waals surface area (Å²) in [5.74, 6) is 1.84. The summed E-state index contributed by atoms with van der Waals surface area (Å²) in [6, 6.07) is 27.9. The molecule has 0 aliphatic carbocycles. The van der Waals surface area contributed by atoms with Crippen LogP contribution in [-0.2, 0) is 17.6 Å². The number of hydrogen-bond donors (Lipinski definition) is 3. The van der Waals surface area contributed by atoms with E-state index < -0.39 is 6.10 Å². The molecular formula is C31H30N6O2. The number of rotatable bonds is 10. The zero-order chi connectivity index (χ0) is 27.0. The maximum Gasteiger partial charge on any atom is 0.228 e. The highest BCUT2D eigenvalue weighted by molar-refractivity contribution is 5.92. The highest BCUT2D eigenvalue weighted by atomic mass is 16.3. The number of nitrogens with zero attached hydrogens (tertiary/aromatic N) is 4. The molecule has 0 aliphatic rings. The van der Waals surface area contributed by atoms with Gasteiger partial charge in [0.1, 0.15) is 11.6 Å². The van der Waals surface area contributed by atoms with Gasteiger partial charge in [-0.1, -0.05) is 66.7 Å². The second-order valence-electron chi connectivity index (χ2n) is 9.35. The molecule has 1 amide bonds. The second-order valence-corrected chi connectivity index (χ2v) is 9.35. The molecule has 0 spiro atoms. The lowest BCUT2D eigenvalue weighted by Gasteiger charge is -2.11. The number of carbonyl (C=O) groups excluding carboxylic acids is 1. The van der Waals surface area contributed by atoms with Crippen LogP contribution in [0.3, 0.4) is 0 Å². The highest BCUT2D eigenvalue weighted by Crippen LogP contribution is 2.20. The summed E-state index contributed by atoms with van der Waals surface area (Å²) in [6.45, 7) is 2.06. The van der Waals surface area contributed by atoms with E-state index in [2.05, 4.69) is 37.7 Å². The predicted molar refractivity (Wildman–Crippen MR) is 153 cm³/mol. The van der Waals surface area contributed by atoms with Crippen LogP contribution < -0.4 is 10.6 Å². The predicted octanol–water partition coefficient (Wildman–Crippen LogP) is 4.89. The number of amides is 1. The molecule has 39 heavy (non-hydrogen) atoms. The fraction of sp³-hybridized carbons (Fsp3) is 0.161. The first kappa shape index (κ1) is 25.8. The zero-order valence-corrected chi connectivity index (χ0v) is 21.7. The zero-order valence-electron chi connectivity index (χ0n) is 21.7. The van der Waals surface area contributed by atoms with Gasteiger partial charge in [0, 0.05) is 37.2 Å². The van der Waals surface area contributed by atoms with Gasteiger partial charge < -0.3 is 15.7 Å². The topological polar surface area (TPSA) is 105 Å². The van der Waals surface area contributed by atoms with E-state index in [-0.39, 0.29) is 5.91 Å². The molecule has 3 aromatic carbocycles. The Balaban J connectivity index is 1.22. The fourth-order valence-corrected chi connectivity index (χ4v) is 4.26. The maximum atomic E-state index is 12.8. The van der Waals surface area contributed by atoms with E-state index in [0.717, 1.165) is 33.8 Å². The number of nitrogens with one attached hydrogen (secondary N) is 2. The summed E-state index contributed by atoms with van der Waals surface area (Å²) >= 11 is 0. The van der Waals surface area contributed by atoms with Crippen LogP contribution in [0.25, 0.3) is 16.9 Å². The van der Waals surface area contributed by atoms with Crippen LogP contribution in [0.4, 0.5) is 11.6 Å². The molecule has 2 heterocycles. The Morgan fingerprint density at radius 2 is 1.69 bits per heavy atom. The molecule has 0 bridgehead atoms. The smallest absolute Gasteiger partial charge is 0.228 e. The SMILES string of the molecule is C[C@H](O)CNc1nccc(-n2ccnc2Cc2cccc(NC(=O)Cc3ccc(-c4ccccc4)cc3)c2)n1. The van der Waals surface area contributed by atoms with Crippen LogP contribution in [-0.4, -0.2) is 43.2 Å². The van der Waals surface area contributed by atoms with Crippen LogP contribution in [0, 0.1) is 0 Å². The Bertz CT molecular complexity index is 1530. The standard InChI is InChI=1S/C31H30N6O2/c1-22(38)21-34-31-33-15-14-28(36-31)37-17-16-32-29(37)19-24-6-5-9-27(18-24)35-30(39)20-23-10-12-26(13-11-23)25-7-3-2-4-8-25/h2-18,22,38H,19-21H2,1H3,(H,35,39)(H,33,34,36)/t22-/m0/s1. The number of benzene rings is 3. The molecule has 0 aliphatic heterocycles. The van der Waals surface area contributed by atoms with Crippen LogP contribution in [0.5, 0.6) is 0 Å². The Morgan fingerprint density at radius 3 is 2.49 bits per heavy atom. The summed E-state index contributed by atoms with van der Waals surface area (Å²) < 4.78 is 1.90. The lowest BCUT2D eigenvalue weighted by Crippen LogP contribution is -2.17. The van der Waals surface area contributed by atoms with Crippen molar-refractivity contribution >= 4 is 17.5 Å². The van der Waals surface area contributed by atoms with Gasteiger partial charge in [-0.15, -0.1) is 0 Å². The van der Waals surface area contributed by atoms with E-state index >= 15 is 0 Å². The average Bonchev–Trinajstić information content (AvgIpc) is 3.41. The molecule has 3 N–H and O–H groups in total. The van der Waals surface area contributed by atoms with Crippen LogP contribution in [0.15, 0.2) is 104 Å². The van der Waals surface area contributed by atoms with Gasteiger partial charge in [0.25, 0.3) is 0 Å². The van der Waals surface area contributed by atoms with Crippen molar-refractivity contribution in [1.29, 1.82) is 0 Å². The van der Waals surface area contributed by atoms with Crippen molar-refractivity contribution in [3.8, 4) is 16.9 Å². The van der Waals surface area contributed by atoms with Crippen molar-refractivity contribution < 1.29 is 9.90 Å². The van der Waals surface area contributed by atoms with Crippen molar-refractivity contribution in [3.63, 3.8) is 0 Å². The lowest BCUT2D eigenvalue weighted by atomic mass is 10.0. The van der Waals surface area contributed by atoms with Crippen molar-refractivity contribution in [2.45, 2.75) is 25.9 Å². The molecule has 8 heteroatoms. The normalized spacial score (nSPS) is 11.6. The molecule has 0 saturated carbocycles. The van der Waals surface area contributed by atoms with Gasteiger partial charge in [0.2, 0.25) is 11.9 Å². The Labute approximate surface area is 227 Å². The highest BCUT2D eigenvalue weighted by Gasteiger charge is 2.11. The van der Waals surface area contributed by atoms with Gasteiger partial charge >= 0.3 is 0 Å². The summed E-state index contributed by atoms with van der Waals surface area (Å²) in [6.07, 6.45) is 5.59.